The van der Waals surface area contributed by atoms with Crippen LogP contribution in [0.2, 0.25) is 0 Å². The van der Waals surface area contributed by atoms with Crippen LogP contribution in [0.4, 0.5) is 8.78 Å². The molecule has 1 nitrogen and oxygen atoms in total. The van der Waals surface area contributed by atoms with Gasteiger partial charge in [-0.3, -0.25) is 0 Å². The lowest BCUT2D eigenvalue weighted by Gasteiger charge is -2.15. The molecule has 0 heterocycles. The second-order valence-corrected chi connectivity index (χ2v) is 5.13. The van der Waals surface area contributed by atoms with Gasteiger partial charge in [-0.2, -0.15) is 0 Å². The molecule has 0 bridgehead atoms. The Hall–Kier alpha value is -2.42. The average Bonchev–Trinajstić information content (AvgIpc) is 2.51. The van der Waals surface area contributed by atoms with E-state index in [1.54, 1.807) is 0 Å². The third-order valence-corrected chi connectivity index (χ3v) is 3.83. The first kappa shape index (κ1) is 12.3. The predicted molar refractivity (Wildman–Crippen MR) is 81.6 cm³/mol. The van der Waals surface area contributed by atoms with Gasteiger partial charge >= 0.3 is 0 Å². The van der Waals surface area contributed by atoms with Crippen LogP contribution >= 0.6 is 0 Å². The van der Waals surface area contributed by atoms with Gasteiger partial charge in [-0.15, -0.1) is 0 Å². The lowest BCUT2D eigenvalue weighted by atomic mass is 9.94. The van der Waals surface area contributed by atoms with Crippen molar-refractivity contribution >= 4 is 32.3 Å². The Labute approximate surface area is 120 Å². The topological polar surface area (TPSA) is 9.23 Å². The molecule has 4 rings (SSSR count). The second-order valence-electron chi connectivity index (χ2n) is 5.13. The average molecular weight is 282 g/mol. The van der Waals surface area contributed by atoms with Gasteiger partial charge in [-0.25, -0.2) is 8.78 Å². The third-order valence-electron chi connectivity index (χ3n) is 3.83. The summed E-state index contributed by atoms with van der Waals surface area (Å²) in [5.74, 6) is 0.520. The Bertz CT molecular complexity index is 930. The molecule has 0 aromatic heterocycles. The van der Waals surface area contributed by atoms with Gasteiger partial charge < -0.3 is 4.74 Å². The van der Waals surface area contributed by atoms with Crippen molar-refractivity contribution in [3.63, 3.8) is 0 Å². The molecule has 0 fully saturated rings. The van der Waals surface area contributed by atoms with Crippen molar-refractivity contribution in [1.82, 2.24) is 0 Å². The summed E-state index contributed by atoms with van der Waals surface area (Å²) >= 11 is 0. The van der Waals surface area contributed by atoms with Gasteiger partial charge in [0, 0.05) is 10.8 Å². The Morgan fingerprint density at radius 3 is 2.24 bits per heavy atom. The molecule has 4 aromatic carbocycles. The highest BCUT2D eigenvalue weighted by atomic mass is 19.3. The second kappa shape index (κ2) is 4.55. The lowest BCUT2D eigenvalue weighted by molar-refractivity contribution is 0.0827. The van der Waals surface area contributed by atoms with E-state index in [1.165, 1.54) is 0 Å². The Balaban J connectivity index is 2.10. The molecule has 4 aromatic rings. The van der Waals surface area contributed by atoms with Crippen molar-refractivity contribution in [2.75, 3.05) is 6.61 Å². The summed E-state index contributed by atoms with van der Waals surface area (Å²) in [5, 5.41) is 6.39. The fourth-order valence-corrected chi connectivity index (χ4v) is 3.00. The molecule has 0 unspecified atom stereocenters. The van der Waals surface area contributed by atoms with Crippen molar-refractivity contribution in [2.45, 2.75) is 6.43 Å². The fourth-order valence-electron chi connectivity index (χ4n) is 3.00. The molecule has 0 saturated carbocycles. The van der Waals surface area contributed by atoms with E-state index in [-0.39, 0.29) is 0 Å². The Morgan fingerprint density at radius 1 is 0.810 bits per heavy atom. The molecule has 0 radical (unpaired) electrons. The molecule has 21 heavy (non-hydrogen) atoms. The first-order valence-electron chi connectivity index (χ1n) is 6.81. The predicted octanol–water partition coefficient (Wildman–Crippen LogP) is 5.23. The van der Waals surface area contributed by atoms with Crippen LogP contribution in [-0.4, -0.2) is 13.0 Å². The van der Waals surface area contributed by atoms with Crippen LogP contribution in [0.1, 0.15) is 0 Å². The van der Waals surface area contributed by atoms with Crippen LogP contribution in [0.5, 0.6) is 5.75 Å². The quantitative estimate of drug-likeness (QED) is 0.468. The maximum absolute atomic E-state index is 12.5. The highest BCUT2D eigenvalue weighted by Gasteiger charge is 2.13. The van der Waals surface area contributed by atoms with Gasteiger partial charge in [0.25, 0.3) is 6.43 Å². The summed E-state index contributed by atoms with van der Waals surface area (Å²) in [7, 11) is 0. The van der Waals surface area contributed by atoms with Crippen LogP contribution in [0, 0.1) is 0 Å². The summed E-state index contributed by atoms with van der Waals surface area (Å²) in [6.07, 6.45) is -2.47. The normalized spacial score (nSPS) is 12.0. The van der Waals surface area contributed by atoms with Gasteiger partial charge in [0.05, 0.1) is 0 Å². The standard InChI is InChI=1S/C18H12F2O/c19-16(20)10-21-15-9-13-5-1-3-11-7-8-12-4-2-6-14(15)18(12)17(11)13/h1-9,16H,10H2. The van der Waals surface area contributed by atoms with E-state index in [1.807, 2.05) is 36.4 Å². The number of halogens is 2. The van der Waals surface area contributed by atoms with Crippen LogP contribution in [0.3, 0.4) is 0 Å². The number of hydrogen-bond donors (Lipinski definition) is 0. The first-order valence-corrected chi connectivity index (χ1v) is 6.81. The zero-order valence-corrected chi connectivity index (χ0v) is 11.1. The van der Waals surface area contributed by atoms with E-state index in [9.17, 15) is 8.78 Å². The highest BCUT2D eigenvalue weighted by Crippen LogP contribution is 2.39. The molecule has 0 atom stereocenters. The molecule has 0 aliphatic carbocycles. The molecule has 0 N–H and O–H groups in total. The molecule has 3 heteroatoms. The minimum Gasteiger partial charge on any atom is -0.487 e. The van der Waals surface area contributed by atoms with Crippen molar-refractivity contribution < 1.29 is 13.5 Å². The smallest absolute Gasteiger partial charge is 0.272 e. The molecular formula is C18H12F2O. The summed E-state index contributed by atoms with van der Waals surface area (Å²) in [4.78, 5) is 0. The first-order chi connectivity index (χ1) is 10.2. The SMILES string of the molecule is FC(F)COc1cc2cccc3ccc4cccc1c4c32. The van der Waals surface area contributed by atoms with E-state index in [0.717, 1.165) is 32.3 Å². The Morgan fingerprint density at radius 2 is 1.48 bits per heavy atom. The number of benzene rings is 4. The van der Waals surface area contributed by atoms with E-state index in [0.29, 0.717) is 5.75 Å². The zero-order valence-electron chi connectivity index (χ0n) is 11.1. The number of ether oxygens (including phenoxy) is 1. The van der Waals surface area contributed by atoms with E-state index in [4.69, 9.17) is 4.74 Å². The number of hydrogen-bond acceptors (Lipinski definition) is 1. The van der Waals surface area contributed by atoms with Crippen LogP contribution in [0.15, 0.2) is 54.6 Å². The lowest BCUT2D eigenvalue weighted by Crippen LogP contribution is -2.07. The zero-order chi connectivity index (χ0) is 14.4. The number of rotatable bonds is 3. The third kappa shape index (κ3) is 1.88. The van der Waals surface area contributed by atoms with Gasteiger partial charge in [0.1, 0.15) is 12.4 Å². The molecule has 0 aliphatic heterocycles. The molecule has 0 spiro atoms. The summed E-state index contributed by atoms with van der Waals surface area (Å²) in [6.45, 7) is -0.583. The summed E-state index contributed by atoms with van der Waals surface area (Å²) in [5.41, 5.74) is 0. The Kier molecular flexibility index (Phi) is 2.67. The summed E-state index contributed by atoms with van der Waals surface area (Å²) in [6, 6.07) is 17.9. The van der Waals surface area contributed by atoms with Gasteiger partial charge in [-0.05, 0) is 27.6 Å². The minimum atomic E-state index is -2.47. The largest absolute Gasteiger partial charge is 0.487 e. The van der Waals surface area contributed by atoms with Gasteiger partial charge in [0.2, 0.25) is 0 Å². The molecular weight excluding hydrogens is 270 g/mol. The monoisotopic (exact) mass is 282 g/mol. The van der Waals surface area contributed by atoms with Crippen molar-refractivity contribution in [1.29, 1.82) is 0 Å². The van der Waals surface area contributed by atoms with Crippen LogP contribution < -0.4 is 4.74 Å². The summed E-state index contributed by atoms with van der Waals surface area (Å²) < 4.78 is 30.2. The maximum Gasteiger partial charge on any atom is 0.272 e. The van der Waals surface area contributed by atoms with Gasteiger partial charge in [-0.1, -0.05) is 48.5 Å². The van der Waals surface area contributed by atoms with E-state index in [2.05, 4.69) is 18.2 Å². The van der Waals surface area contributed by atoms with Gasteiger partial charge in [0.15, 0.2) is 0 Å². The molecule has 0 aliphatic rings. The fraction of sp³-hybridized carbons (Fsp3) is 0.111. The van der Waals surface area contributed by atoms with E-state index >= 15 is 0 Å². The molecule has 0 amide bonds. The minimum absolute atomic E-state index is 0.520. The van der Waals surface area contributed by atoms with Crippen molar-refractivity contribution in [3.8, 4) is 5.75 Å². The molecule has 0 saturated heterocycles. The molecule has 104 valence electrons. The van der Waals surface area contributed by atoms with E-state index < -0.39 is 13.0 Å². The van der Waals surface area contributed by atoms with Crippen molar-refractivity contribution in [3.05, 3.63) is 54.6 Å². The number of alkyl halides is 2. The van der Waals surface area contributed by atoms with Crippen molar-refractivity contribution in [2.24, 2.45) is 0 Å². The van der Waals surface area contributed by atoms with Crippen LogP contribution in [0.25, 0.3) is 32.3 Å². The van der Waals surface area contributed by atoms with Crippen LogP contribution in [-0.2, 0) is 0 Å². The maximum atomic E-state index is 12.5. The highest BCUT2D eigenvalue weighted by molar-refractivity contribution is 6.24.